The molecule has 2 saturated carbocycles. The zero-order chi connectivity index (χ0) is 12.6. The average molecular weight is 241 g/mol. The van der Waals surface area contributed by atoms with Gasteiger partial charge >= 0.3 is 0 Å². The van der Waals surface area contributed by atoms with Gasteiger partial charge in [-0.15, -0.1) is 0 Å². The standard InChI is InChI=1S/C15H19N3/c1-11-9-13(12-5-2-3-6-12)18-14(17-11)15(10-16)7-4-8-15/h9,12H,2-8H2,1H3. The topological polar surface area (TPSA) is 49.6 Å². The third kappa shape index (κ3) is 1.80. The number of hydrogen-bond acceptors (Lipinski definition) is 3. The van der Waals surface area contributed by atoms with E-state index in [1.807, 2.05) is 6.92 Å². The average Bonchev–Trinajstić information content (AvgIpc) is 2.81. The van der Waals surface area contributed by atoms with Crippen LogP contribution in [-0.4, -0.2) is 9.97 Å². The molecule has 0 bridgehead atoms. The normalized spacial score (nSPS) is 22.4. The Hall–Kier alpha value is -1.43. The van der Waals surface area contributed by atoms with Crippen LogP contribution < -0.4 is 0 Å². The maximum Gasteiger partial charge on any atom is 0.149 e. The van der Waals surface area contributed by atoms with Gasteiger partial charge in [-0.05, 0) is 45.1 Å². The van der Waals surface area contributed by atoms with Crippen molar-refractivity contribution in [2.24, 2.45) is 0 Å². The van der Waals surface area contributed by atoms with E-state index in [1.165, 1.54) is 31.4 Å². The molecule has 3 heteroatoms. The van der Waals surface area contributed by atoms with Gasteiger partial charge in [0.25, 0.3) is 0 Å². The molecule has 3 rings (SSSR count). The lowest BCUT2D eigenvalue weighted by molar-refractivity contribution is 0.305. The fourth-order valence-corrected chi connectivity index (χ4v) is 3.15. The van der Waals surface area contributed by atoms with Gasteiger partial charge in [0.2, 0.25) is 0 Å². The van der Waals surface area contributed by atoms with Gasteiger partial charge in [0.1, 0.15) is 11.2 Å². The van der Waals surface area contributed by atoms with E-state index in [-0.39, 0.29) is 5.41 Å². The Morgan fingerprint density at radius 1 is 1.22 bits per heavy atom. The molecule has 94 valence electrons. The number of hydrogen-bond donors (Lipinski definition) is 0. The van der Waals surface area contributed by atoms with Gasteiger partial charge in [-0.3, -0.25) is 0 Å². The molecule has 18 heavy (non-hydrogen) atoms. The molecule has 0 unspecified atom stereocenters. The first-order valence-corrected chi connectivity index (χ1v) is 7.01. The Kier molecular flexibility index (Phi) is 2.81. The van der Waals surface area contributed by atoms with E-state index in [1.54, 1.807) is 0 Å². The fourth-order valence-electron chi connectivity index (χ4n) is 3.15. The number of nitrogens with zero attached hydrogens (tertiary/aromatic N) is 3. The highest BCUT2D eigenvalue weighted by atomic mass is 14.9. The van der Waals surface area contributed by atoms with E-state index in [9.17, 15) is 5.26 Å². The van der Waals surface area contributed by atoms with Gasteiger partial charge < -0.3 is 0 Å². The summed E-state index contributed by atoms with van der Waals surface area (Å²) < 4.78 is 0. The van der Waals surface area contributed by atoms with E-state index < -0.39 is 0 Å². The van der Waals surface area contributed by atoms with Crippen LogP contribution in [0, 0.1) is 18.3 Å². The maximum atomic E-state index is 9.41. The SMILES string of the molecule is Cc1cc(C2CCCC2)nc(C2(C#N)CCC2)n1. The second-order valence-electron chi connectivity index (χ2n) is 5.79. The summed E-state index contributed by atoms with van der Waals surface area (Å²) in [6.45, 7) is 2.02. The number of aryl methyl sites for hydroxylation is 1. The van der Waals surface area contributed by atoms with Crippen molar-refractivity contribution in [3.63, 3.8) is 0 Å². The Morgan fingerprint density at radius 3 is 2.50 bits per heavy atom. The van der Waals surface area contributed by atoms with E-state index in [4.69, 9.17) is 4.98 Å². The van der Waals surface area contributed by atoms with Crippen LogP contribution in [0.25, 0.3) is 0 Å². The first kappa shape index (κ1) is 11.6. The van der Waals surface area contributed by atoms with Crippen molar-refractivity contribution in [1.29, 1.82) is 5.26 Å². The minimum atomic E-state index is -0.376. The summed E-state index contributed by atoms with van der Waals surface area (Å²) in [6.07, 6.45) is 8.10. The van der Waals surface area contributed by atoms with Crippen molar-refractivity contribution < 1.29 is 0 Å². The summed E-state index contributed by atoms with van der Waals surface area (Å²) in [7, 11) is 0. The molecule has 0 radical (unpaired) electrons. The van der Waals surface area contributed by atoms with E-state index in [0.29, 0.717) is 5.92 Å². The summed E-state index contributed by atoms with van der Waals surface area (Å²) in [5, 5.41) is 9.41. The minimum absolute atomic E-state index is 0.376. The first-order chi connectivity index (χ1) is 8.73. The molecule has 0 N–H and O–H groups in total. The number of rotatable bonds is 2. The Balaban J connectivity index is 1.98. The van der Waals surface area contributed by atoms with Crippen LogP contribution >= 0.6 is 0 Å². The quantitative estimate of drug-likeness (QED) is 0.797. The molecule has 0 aliphatic heterocycles. The predicted molar refractivity (Wildman–Crippen MR) is 69.1 cm³/mol. The molecular formula is C15H19N3. The molecule has 3 nitrogen and oxygen atoms in total. The number of aromatic nitrogens is 2. The van der Waals surface area contributed by atoms with Crippen molar-refractivity contribution in [2.45, 2.75) is 63.2 Å². The molecule has 0 aromatic carbocycles. The molecule has 1 heterocycles. The third-order valence-corrected chi connectivity index (χ3v) is 4.50. The van der Waals surface area contributed by atoms with E-state index in [2.05, 4.69) is 17.1 Å². The van der Waals surface area contributed by atoms with Gasteiger partial charge in [0.05, 0.1) is 6.07 Å². The van der Waals surface area contributed by atoms with Gasteiger partial charge in [0.15, 0.2) is 0 Å². The van der Waals surface area contributed by atoms with Crippen LogP contribution in [0.1, 0.15) is 68.1 Å². The monoisotopic (exact) mass is 241 g/mol. The lowest BCUT2D eigenvalue weighted by atomic mass is 9.69. The molecule has 0 saturated heterocycles. The first-order valence-electron chi connectivity index (χ1n) is 7.01. The molecule has 2 aliphatic carbocycles. The largest absolute Gasteiger partial charge is 0.236 e. The van der Waals surface area contributed by atoms with Gasteiger partial charge in [0, 0.05) is 17.3 Å². The summed E-state index contributed by atoms with van der Waals surface area (Å²) in [5.74, 6) is 1.39. The molecule has 0 atom stereocenters. The van der Waals surface area contributed by atoms with E-state index in [0.717, 1.165) is 30.8 Å². The fraction of sp³-hybridized carbons (Fsp3) is 0.667. The van der Waals surface area contributed by atoms with Gasteiger partial charge in [-0.1, -0.05) is 12.8 Å². The molecular weight excluding hydrogens is 222 g/mol. The van der Waals surface area contributed by atoms with E-state index >= 15 is 0 Å². The maximum absolute atomic E-state index is 9.41. The zero-order valence-electron chi connectivity index (χ0n) is 10.9. The molecule has 2 fully saturated rings. The van der Waals surface area contributed by atoms with Crippen LogP contribution in [0.3, 0.4) is 0 Å². The van der Waals surface area contributed by atoms with Crippen molar-refractivity contribution in [1.82, 2.24) is 9.97 Å². The molecule has 2 aliphatic rings. The van der Waals surface area contributed by atoms with Crippen molar-refractivity contribution in [3.05, 3.63) is 23.3 Å². The van der Waals surface area contributed by atoms with Crippen molar-refractivity contribution in [3.8, 4) is 6.07 Å². The Labute approximate surface area is 108 Å². The second-order valence-corrected chi connectivity index (χ2v) is 5.79. The predicted octanol–water partition coefficient (Wildman–Crippen LogP) is 3.39. The summed E-state index contributed by atoms with van der Waals surface area (Å²) in [4.78, 5) is 9.28. The summed E-state index contributed by atoms with van der Waals surface area (Å²) >= 11 is 0. The lowest BCUT2D eigenvalue weighted by Gasteiger charge is -2.34. The molecule has 1 aromatic rings. The molecule has 0 spiro atoms. The molecule has 0 amide bonds. The third-order valence-electron chi connectivity index (χ3n) is 4.50. The van der Waals surface area contributed by atoms with Crippen LogP contribution in [-0.2, 0) is 5.41 Å². The van der Waals surface area contributed by atoms with Gasteiger partial charge in [-0.2, -0.15) is 5.26 Å². The van der Waals surface area contributed by atoms with Crippen LogP contribution in [0.2, 0.25) is 0 Å². The van der Waals surface area contributed by atoms with Crippen molar-refractivity contribution in [2.75, 3.05) is 0 Å². The van der Waals surface area contributed by atoms with Crippen LogP contribution in [0.4, 0.5) is 0 Å². The van der Waals surface area contributed by atoms with Crippen LogP contribution in [0.5, 0.6) is 0 Å². The summed E-state index contributed by atoms with van der Waals surface area (Å²) in [6, 6.07) is 4.57. The Morgan fingerprint density at radius 2 is 1.94 bits per heavy atom. The second kappa shape index (κ2) is 4.35. The highest BCUT2D eigenvalue weighted by Crippen LogP contribution is 2.42. The smallest absolute Gasteiger partial charge is 0.149 e. The minimum Gasteiger partial charge on any atom is -0.236 e. The zero-order valence-corrected chi connectivity index (χ0v) is 10.9. The highest BCUT2D eigenvalue weighted by Gasteiger charge is 2.42. The number of nitriles is 1. The highest BCUT2D eigenvalue weighted by molar-refractivity contribution is 5.28. The lowest BCUT2D eigenvalue weighted by Crippen LogP contribution is -2.35. The Bertz CT molecular complexity index is 491. The summed E-state index contributed by atoms with van der Waals surface area (Å²) in [5.41, 5.74) is 1.82. The van der Waals surface area contributed by atoms with Crippen LogP contribution in [0.15, 0.2) is 6.07 Å². The molecule has 1 aromatic heterocycles. The van der Waals surface area contributed by atoms with Gasteiger partial charge in [-0.25, -0.2) is 9.97 Å². The van der Waals surface area contributed by atoms with Crippen molar-refractivity contribution >= 4 is 0 Å².